The summed E-state index contributed by atoms with van der Waals surface area (Å²) in [7, 11) is 0. The van der Waals surface area contributed by atoms with E-state index in [-0.39, 0.29) is 11.9 Å². The first-order valence-corrected chi connectivity index (χ1v) is 7.77. The molecular formula is C12H24N2O2S. The number of ether oxygens (including phenoxy) is 1. The van der Waals surface area contributed by atoms with Gasteiger partial charge in [0.05, 0.1) is 18.8 Å². The summed E-state index contributed by atoms with van der Waals surface area (Å²) in [5.74, 6) is 0.863. The molecule has 1 saturated carbocycles. The van der Waals surface area contributed by atoms with Crippen molar-refractivity contribution in [3.8, 4) is 0 Å². The fraction of sp³-hybridized carbons (Fsp3) is 0.917. The van der Waals surface area contributed by atoms with Crippen LogP contribution in [0.5, 0.6) is 0 Å². The third-order valence-electron chi connectivity index (χ3n) is 3.03. The van der Waals surface area contributed by atoms with E-state index in [1.165, 1.54) is 25.7 Å². The third kappa shape index (κ3) is 6.29. The number of amides is 1. The fourth-order valence-electron chi connectivity index (χ4n) is 1.96. The normalized spacial score (nSPS) is 18.2. The van der Waals surface area contributed by atoms with Gasteiger partial charge in [0.15, 0.2) is 0 Å². The molecule has 0 saturated heterocycles. The molecule has 0 radical (unpaired) electrons. The van der Waals surface area contributed by atoms with E-state index in [9.17, 15) is 4.79 Å². The van der Waals surface area contributed by atoms with Crippen LogP contribution in [0.3, 0.4) is 0 Å². The van der Waals surface area contributed by atoms with Crippen LogP contribution in [-0.4, -0.2) is 43.2 Å². The summed E-state index contributed by atoms with van der Waals surface area (Å²) in [6.45, 7) is 1.17. The lowest BCUT2D eigenvalue weighted by Gasteiger charge is -2.14. The van der Waals surface area contributed by atoms with Crippen LogP contribution in [0.2, 0.25) is 0 Å². The van der Waals surface area contributed by atoms with Crippen molar-refractivity contribution in [1.29, 1.82) is 0 Å². The predicted molar refractivity (Wildman–Crippen MR) is 72.2 cm³/mol. The molecule has 0 aromatic heterocycles. The molecule has 1 amide bonds. The van der Waals surface area contributed by atoms with Gasteiger partial charge in [-0.05, 0) is 31.3 Å². The summed E-state index contributed by atoms with van der Waals surface area (Å²) in [6.07, 6.45) is 8.04. The molecule has 0 spiro atoms. The Morgan fingerprint density at radius 2 is 2.24 bits per heavy atom. The molecular weight excluding hydrogens is 236 g/mol. The summed E-state index contributed by atoms with van der Waals surface area (Å²) in [4.78, 5) is 11.5. The minimum Gasteiger partial charge on any atom is -0.376 e. The van der Waals surface area contributed by atoms with Crippen molar-refractivity contribution in [3.63, 3.8) is 0 Å². The van der Waals surface area contributed by atoms with E-state index in [0.29, 0.717) is 19.3 Å². The van der Waals surface area contributed by atoms with Crippen LogP contribution in [0, 0.1) is 0 Å². The molecule has 0 aliphatic heterocycles. The van der Waals surface area contributed by atoms with Crippen molar-refractivity contribution in [1.82, 2.24) is 5.32 Å². The van der Waals surface area contributed by atoms with E-state index >= 15 is 0 Å². The first-order valence-electron chi connectivity index (χ1n) is 6.38. The van der Waals surface area contributed by atoms with Gasteiger partial charge in [0.25, 0.3) is 0 Å². The Kier molecular flexibility index (Phi) is 7.64. The monoisotopic (exact) mass is 260 g/mol. The second kappa shape index (κ2) is 8.78. The third-order valence-corrected chi connectivity index (χ3v) is 3.67. The number of carbonyl (C=O) groups is 1. The second-order valence-electron chi connectivity index (χ2n) is 4.46. The Hall–Kier alpha value is -0.260. The van der Waals surface area contributed by atoms with Gasteiger partial charge in [0, 0.05) is 6.54 Å². The van der Waals surface area contributed by atoms with Crippen molar-refractivity contribution in [2.75, 3.05) is 25.2 Å². The summed E-state index contributed by atoms with van der Waals surface area (Å²) < 4.78 is 5.65. The van der Waals surface area contributed by atoms with E-state index in [1.54, 1.807) is 11.8 Å². The predicted octanol–water partition coefficient (Wildman–Crippen LogP) is 1.14. The van der Waals surface area contributed by atoms with Crippen LogP contribution in [0.15, 0.2) is 0 Å². The maximum absolute atomic E-state index is 11.5. The molecule has 0 heterocycles. The van der Waals surface area contributed by atoms with Gasteiger partial charge in [-0.3, -0.25) is 4.79 Å². The van der Waals surface area contributed by atoms with Gasteiger partial charge in [0.2, 0.25) is 5.91 Å². The number of thioether (sulfide) groups is 1. The van der Waals surface area contributed by atoms with Crippen LogP contribution >= 0.6 is 11.8 Å². The number of rotatable bonds is 8. The summed E-state index contributed by atoms with van der Waals surface area (Å²) in [5, 5.41) is 2.82. The van der Waals surface area contributed by atoms with Crippen LogP contribution in [0.25, 0.3) is 0 Å². The molecule has 1 atom stereocenters. The zero-order valence-electron chi connectivity index (χ0n) is 10.6. The van der Waals surface area contributed by atoms with E-state index in [2.05, 4.69) is 5.32 Å². The first kappa shape index (κ1) is 14.8. The minimum atomic E-state index is -0.381. The topological polar surface area (TPSA) is 64.4 Å². The molecule has 100 valence electrons. The van der Waals surface area contributed by atoms with Crippen molar-refractivity contribution in [3.05, 3.63) is 0 Å². The van der Waals surface area contributed by atoms with Gasteiger partial charge in [-0.25, -0.2) is 0 Å². The molecule has 0 aromatic rings. The fourth-order valence-corrected chi connectivity index (χ4v) is 2.45. The quantitative estimate of drug-likeness (QED) is 0.642. The summed E-state index contributed by atoms with van der Waals surface area (Å²) >= 11 is 1.71. The zero-order valence-corrected chi connectivity index (χ0v) is 11.4. The Bertz CT molecular complexity index is 221. The van der Waals surface area contributed by atoms with Gasteiger partial charge >= 0.3 is 0 Å². The van der Waals surface area contributed by atoms with Gasteiger partial charge < -0.3 is 15.8 Å². The maximum atomic E-state index is 11.5. The lowest BCUT2D eigenvalue weighted by Crippen LogP contribution is -2.42. The second-order valence-corrected chi connectivity index (χ2v) is 5.44. The SMILES string of the molecule is CSCC[C@@H](N)C(=O)NCCOC1CCCC1. The number of hydrogen-bond acceptors (Lipinski definition) is 4. The smallest absolute Gasteiger partial charge is 0.237 e. The van der Waals surface area contributed by atoms with E-state index < -0.39 is 0 Å². The molecule has 1 fully saturated rings. The van der Waals surface area contributed by atoms with Gasteiger partial charge in [-0.15, -0.1) is 0 Å². The largest absolute Gasteiger partial charge is 0.376 e. The van der Waals surface area contributed by atoms with Gasteiger partial charge in [0.1, 0.15) is 0 Å². The van der Waals surface area contributed by atoms with Crippen molar-refractivity contribution < 1.29 is 9.53 Å². The zero-order chi connectivity index (χ0) is 12.5. The Morgan fingerprint density at radius 3 is 2.88 bits per heavy atom. The standard InChI is InChI=1S/C12H24N2O2S/c1-17-9-6-11(13)12(15)14-7-8-16-10-4-2-3-5-10/h10-11H,2-9,13H2,1H3,(H,14,15)/t11-/m1/s1. The molecule has 4 nitrogen and oxygen atoms in total. The molecule has 1 rings (SSSR count). The van der Waals surface area contributed by atoms with Crippen LogP contribution in [0.4, 0.5) is 0 Å². The number of carbonyl (C=O) groups excluding carboxylic acids is 1. The van der Waals surface area contributed by atoms with Crippen LogP contribution < -0.4 is 11.1 Å². The van der Waals surface area contributed by atoms with E-state index in [1.807, 2.05) is 6.26 Å². The number of nitrogens with two attached hydrogens (primary N) is 1. The highest BCUT2D eigenvalue weighted by molar-refractivity contribution is 7.98. The molecule has 0 bridgehead atoms. The van der Waals surface area contributed by atoms with E-state index in [4.69, 9.17) is 10.5 Å². The average Bonchev–Trinajstić information content (AvgIpc) is 2.84. The molecule has 17 heavy (non-hydrogen) atoms. The summed E-state index contributed by atoms with van der Waals surface area (Å²) in [6, 6.07) is -0.381. The maximum Gasteiger partial charge on any atom is 0.237 e. The molecule has 5 heteroatoms. The lowest BCUT2D eigenvalue weighted by molar-refractivity contribution is -0.122. The number of hydrogen-bond donors (Lipinski definition) is 2. The lowest BCUT2D eigenvalue weighted by atomic mass is 10.2. The van der Waals surface area contributed by atoms with Crippen molar-refractivity contribution in [2.24, 2.45) is 5.73 Å². The first-order chi connectivity index (χ1) is 8.24. The molecule has 1 aliphatic rings. The highest BCUT2D eigenvalue weighted by Gasteiger charge is 2.15. The Balaban J connectivity index is 1.98. The van der Waals surface area contributed by atoms with Gasteiger partial charge in [-0.2, -0.15) is 11.8 Å². The van der Waals surface area contributed by atoms with Crippen LogP contribution in [0.1, 0.15) is 32.1 Å². The molecule has 3 N–H and O–H groups in total. The highest BCUT2D eigenvalue weighted by Crippen LogP contribution is 2.20. The highest BCUT2D eigenvalue weighted by atomic mass is 32.2. The van der Waals surface area contributed by atoms with Crippen LogP contribution in [-0.2, 0) is 9.53 Å². The van der Waals surface area contributed by atoms with Crippen molar-refractivity contribution in [2.45, 2.75) is 44.2 Å². The summed E-state index contributed by atoms with van der Waals surface area (Å²) in [5.41, 5.74) is 5.74. The molecule has 0 unspecified atom stereocenters. The van der Waals surface area contributed by atoms with Crippen molar-refractivity contribution >= 4 is 17.7 Å². The minimum absolute atomic E-state index is 0.0610. The van der Waals surface area contributed by atoms with Gasteiger partial charge in [-0.1, -0.05) is 12.8 Å². The number of nitrogens with one attached hydrogen (secondary N) is 1. The Labute approximate surface area is 108 Å². The molecule has 0 aromatic carbocycles. The van der Waals surface area contributed by atoms with E-state index in [0.717, 1.165) is 12.2 Å². The average molecular weight is 260 g/mol. The molecule has 1 aliphatic carbocycles. The Morgan fingerprint density at radius 1 is 1.53 bits per heavy atom.